The molecular formula is C9H19ClGe. The summed E-state index contributed by atoms with van der Waals surface area (Å²) in [6.45, 7) is 7.02. The van der Waals surface area contributed by atoms with Crippen LogP contribution in [0.4, 0.5) is 0 Å². The van der Waals surface area contributed by atoms with Crippen LogP contribution in [0.1, 0.15) is 40.0 Å². The van der Waals surface area contributed by atoms with Gasteiger partial charge in [0.1, 0.15) is 0 Å². The Bertz CT molecular complexity index is 131. The molecule has 0 bridgehead atoms. The van der Waals surface area contributed by atoms with Gasteiger partial charge in [-0.3, -0.25) is 0 Å². The molecule has 0 spiro atoms. The Morgan fingerprint density at radius 2 is 1.45 bits per heavy atom. The van der Waals surface area contributed by atoms with E-state index in [0.29, 0.717) is 4.25 Å². The predicted molar refractivity (Wildman–Crippen MR) is 54.8 cm³/mol. The van der Waals surface area contributed by atoms with Crippen LogP contribution in [-0.4, -0.2) is 12.3 Å². The standard InChI is InChI=1S/C9H19ClGe/c1-9(2,3)11(10)7-5-4-6-8-11/h4-8H2,1-3H3. The molecule has 1 heterocycles. The van der Waals surface area contributed by atoms with Gasteiger partial charge in [-0.1, -0.05) is 0 Å². The Kier molecular flexibility index (Phi) is 2.97. The Morgan fingerprint density at radius 3 is 1.73 bits per heavy atom. The van der Waals surface area contributed by atoms with E-state index in [4.69, 9.17) is 10.0 Å². The minimum atomic E-state index is -1.88. The van der Waals surface area contributed by atoms with Crippen molar-refractivity contribution in [3.8, 4) is 0 Å². The Labute approximate surface area is 77.2 Å². The van der Waals surface area contributed by atoms with Gasteiger partial charge in [0, 0.05) is 0 Å². The summed E-state index contributed by atoms with van der Waals surface area (Å²) < 4.78 is 0.460. The van der Waals surface area contributed by atoms with Crippen LogP contribution in [0.15, 0.2) is 0 Å². The summed E-state index contributed by atoms with van der Waals surface area (Å²) in [6.07, 6.45) is 4.23. The molecule has 1 saturated heterocycles. The van der Waals surface area contributed by atoms with Crippen molar-refractivity contribution < 1.29 is 0 Å². The molecule has 66 valence electrons. The van der Waals surface area contributed by atoms with Crippen molar-refractivity contribution in [2.45, 2.75) is 54.8 Å². The van der Waals surface area contributed by atoms with Crippen LogP contribution < -0.4 is 0 Å². The zero-order chi connectivity index (χ0) is 8.54. The fourth-order valence-electron chi connectivity index (χ4n) is 1.86. The van der Waals surface area contributed by atoms with Crippen molar-refractivity contribution in [2.24, 2.45) is 0 Å². The Hall–Kier alpha value is 0.833. The molecule has 0 atom stereocenters. The van der Waals surface area contributed by atoms with Crippen molar-refractivity contribution in [2.75, 3.05) is 0 Å². The molecule has 0 radical (unpaired) electrons. The van der Waals surface area contributed by atoms with Gasteiger partial charge >= 0.3 is 77.1 Å². The van der Waals surface area contributed by atoms with E-state index in [1.165, 1.54) is 29.8 Å². The zero-order valence-corrected chi connectivity index (χ0v) is 10.8. The molecule has 0 aromatic carbocycles. The molecule has 0 saturated carbocycles. The first kappa shape index (κ1) is 9.92. The van der Waals surface area contributed by atoms with Gasteiger partial charge in [-0.25, -0.2) is 0 Å². The van der Waals surface area contributed by atoms with Gasteiger partial charge in [-0.15, -0.1) is 0 Å². The van der Waals surface area contributed by atoms with E-state index in [9.17, 15) is 0 Å². The first-order valence-electron chi connectivity index (χ1n) is 4.65. The van der Waals surface area contributed by atoms with Crippen molar-refractivity contribution in [3.63, 3.8) is 0 Å². The third kappa shape index (κ3) is 2.15. The quantitative estimate of drug-likeness (QED) is 0.553. The van der Waals surface area contributed by atoms with E-state index in [0.717, 1.165) is 0 Å². The van der Waals surface area contributed by atoms with Gasteiger partial charge < -0.3 is 0 Å². The van der Waals surface area contributed by atoms with Crippen molar-refractivity contribution in [1.82, 2.24) is 0 Å². The first-order chi connectivity index (χ1) is 4.96. The molecule has 0 unspecified atom stereocenters. The van der Waals surface area contributed by atoms with Crippen LogP contribution in [-0.2, 0) is 0 Å². The molecule has 0 aliphatic carbocycles. The van der Waals surface area contributed by atoms with Crippen LogP contribution in [0.3, 0.4) is 0 Å². The molecule has 11 heavy (non-hydrogen) atoms. The Balaban J connectivity index is 2.64. The van der Waals surface area contributed by atoms with Gasteiger partial charge in [-0.2, -0.15) is 0 Å². The molecule has 0 amide bonds. The van der Waals surface area contributed by atoms with Crippen LogP contribution >= 0.6 is 10.0 Å². The number of rotatable bonds is 0. The third-order valence-electron chi connectivity index (χ3n) is 2.99. The summed E-state index contributed by atoms with van der Waals surface area (Å²) in [7, 11) is 6.74. The maximum absolute atomic E-state index is 6.74. The minimum absolute atomic E-state index is 0.460. The zero-order valence-electron chi connectivity index (χ0n) is 7.91. The van der Waals surface area contributed by atoms with Crippen LogP contribution in [0, 0.1) is 0 Å². The molecule has 1 aliphatic rings. The molecule has 1 fully saturated rings. The summed E-state index contributed by atoms with van der Waals surface area (Å²) in [5.74, 6) is 0. The molecule has 0 nitrogen and oxygen atoms in total. The molecule has 0 aromatic rings. The van der Waals surface area contributed by atoms with E-state index in [-0.39, 0.29) is 0 Å². The second kappa shape index (κ2) is 3.29. The van der Waals surface area contributed by atoms with Crippen LogP contribution in [0.5, 0.6) is 0 Å². The van der Waals surface area contributed by atoms with Gasteiger partial charge in [0.15, 0.2) is 0 Å². The number of halogens is 1. The summed E-state index contributed by atoms with van der Waals surface area (Å²) in [6, 6.07) is 0. The first-order valence-corrected chi connectivity index (χ1v) is 11.4. The van der Waals surface area contributed by atoms with E-state index in [1.54, 1.807) is 0 Å². The monoisotopic (exact) mass is 236 g/mol. The van der Waals surface area contributed by atoms with Gasteiger partial charge in [-0.05, 0) is 0 Å². The fraction of sp³-hybridized carbons (Fsp3) is 1.00. The molecule has 0 aromatic heterocycles. The summed E-state index contributed by atoms with van der Waals surface area (Å²) in [4.78, 5) is 0. The normalized spacial score (nSPS) is 25.1. The number of hydrogen-bond donors (Lipinski definition) is 0. The van der Waals surface area contributed by atoms with Crippen molar-refractivity contribution in [1.29, 1.82) is 0 Å². The second-order valence-corrected chi connectivity index (χ2v) is 17.8. The average molecular weight is 235 g/mol. The van der Waals surface area contributed by atoms with Crippen LogP contribution in [0.2, 0.25) is 14.8 Å². The summed E-state index contributed by atoms with van der Waals surface area (Å²) in [5.41, 5.74) is 0. The van der Waals surface area contributed by atoms with E-state index >= 15 is 0 Å². The summed E-state index contributed by atoms with van der Waals surface area (Å²) in [5, 5.41) is 2.79. The van der Waals surface area contributed by atoms with E-state index < -0.39 is 12.3 Å². The fourth-order valence-corrected chi connectivity index (χ4v) is 10.3. The van der Waals surface area contributed by atoms with Gasteiger partial charge in [0.25, 0.3) is 0 Å². The van der Waals surface area contributed by atoms with Crippen molar-refractivity contribution >= 4 is 22.3 Å². The SMILES string of the molecule is C[C](C)(C)[Ge]1([Cl])[CH2]CCC[CH2]1. The summed E-state index contributed by atoms with van der Waals surface area (Å²) >= 11 is -1.88. The second-order valence-electron chi connectivity index (χ2n) is 4.78. The Morgan fingerprint density at radius 1 is 1.00 bits per heavy atom. The molecule has 2 heteroatoms. The van der Waals surface area contributed by atoms with Crippen molar-refractivity contribution in [3.05, 3.63) is 0 Å². The van der Waals surface area contributed by atoms with Gasteiger partial charge in [0.2, 0.25) is 0 Å². The van der Waals surface area contributed by atoms with Gasteiger partial charge in [0.05, 0.1) is 0 Å². The maximum atomic E-state index is 6.74. The topological polar surface area (TPSA) is 0 Å². The number of hydrogen-bond acceptors (Lipinski definition) is 0. The molecule has 1 rings (SSSR count). The molecular weight excluding hydrogens is 216 g/mol. The van der Waals surface area contributed by atoms with E-state index in [2.05, 4.69) is 20.8 Å². The molecule has 1 aliphatic heterocycles. The van der Waals surface area contributed by atoms with Crippen LogP contribution in [0.25, 0.3) is 0 Å². The third-order valence-corrected chi connectivity index (χ3v) is 18.3. The average Bonchev–Trinajstić information content (AvgIpc) is 1.87. The van der Waals surface area contributed by atoms with E-state index in [1.807, 2.05) is 0 Å². The molecule has 0 N–H and O–H groups in total. The predicted octanol–water partition coefficient (Wildman–Crippen LogP) is 4.15.